The summed E-state index contributed by atoms with van der Waals surface area (Å²) in [6, 6.07) is 1.73. The maximum absolute atomic E-state index is 12.7. The molecule has 6 heteroatoms. The van der Waals surface area contributed by atoms with Gasteiger partial charge in [-0.15, -0.1) is 17.9 Å². The van der Waals surface area contributed by atoms with Gasteiger partial charge < -0.3 is 5.32 Å². The van der Waals surface area contributed by atoms with Crippen molar-refractivity contribution in [3.63, 3.8) is 0 Å². The molecule has 0 fully saturated rings. The summed E-state index contributed by atoms with van der Waals surface area (Å²) in [5, 5.41) is 4.72. The lowest BCUT2D eigenvalue weighted by atomic mass is 10.1. The van der Waals surface area contributed by atoms with Crippen molar-refractivity contribution < 1.29 is 8.42 Å². The third-order valence-electron chi connectivity index (χ3n) is 2.61. The predicted molar refractivity (Wildman–Crippen MR) is 80.9 cm³/mol. The second kappa shape index (κ2) is 6.17. The molecular formula is C13H22N2O2S2. The number of hydrogen-bond donors (Lipinski definition) is 1. The van der Waals surface area contributed by atoms with Gasteiger partial charge in [0.1, 0.15) is 0 Å². The number of nitrogens with one attached hydrogen (secondary N) is 1. The molecule has 0 bridgehead atoms. The van der Waals surface area contributed by atoms with Crippen LogP contribution in [-0.4, -0.2) is 31.9 Å². The van der Waals surface area contributed by atoms with Gasteiger partial charge in [0.05, 0.1) is 4.90 Å². The third kappa shape index (κ3) is 3.89. The standard InChI is InChI=1S/C13H22N2O2S2/c1-6-7-15(13(2,3)4)19(16,17)12-8-11(9-14-5)18-10-12/h6,8,10,14H,1,7,9H2,2-5H3. The van der Waals surface area contributed by atoms with E-state index in [1.54, 1.807) is 17.5 Å². The summed E-state index contributed by atoms with van der Waals surface area (Å²) in [5.74, 6) is 0. The molecule has 0 saturated heterocycles. The highest BCUT2D eigenvalue weighted by atomic mass is 32.2. The number of thiophene rings is 1. The van der Waals surface area contributed by atoms with E-state index in [2.05, 4.69) is 11.9 Å². The molecule has 1 aromatic rings. The molecule has 4 nitrogen and oxygen atoms in total. The van der Waals surface area contributed by atoms with Gasteiger partial charge in [0, 0.05) is 28.9 Å². The maximum Gasteiger partial charge on any atom is 0.244 e. The first-order chi connectivity index (χ1) is 8.73. The van der Waals surface area contributed by atoms with E-state index in [4.69, 9.17) is 0 Å². The van der Waals surface area contributed by atoms with Gasteiger partial charge in [-0.3, -0.25) is 0 Å². The van der Waals surface area contributed by atoms with Crippen LogP contribution in [0.2, 0.25) is 0 Å². The Labute approximate surface area is 120 Å². The van der Waals surface area contributed by atoms with Gasteiger partial charge in [-0.05, 0) is 33.9 Å². The smallest absolute Gasteiger partial charge is 0.244 e. The van der Waals surface area contributed by atoms with Crippen molar-refractivity contribution in [2.24, 2.45) is 0 Å². The van der Waals surface area contributed by atoms with Crippen molar-refractivity contribution in [3.8, 4) is 0 Å². The van der Waals surface area contributed by atoms with Gasteiger partial charge in [0.25, 0.3) is 0 Å². The van der Waals surface area contributed by atoms with Crippen LogP contribution in [0.5, 0.6) is 0 Å². The number of hydrogen-bond acceptors (Lipinski definition) is 4. The van der Waals surface area contributed by atoms with Crippen molar-refractivity contribution >= 4 is 21.4 Å². The molecule has 0 aliphatic carbocycles. The van der Waals surface area contributed by atoms with E-state index in [0.29, 0.717) is 18.0 Å². The summed E-state index contributed by atoms with van der Waals surface area (Å²) < 4.78 is 26.8. The summed E-state index contributed by atoms with van der Waals surface area (Å²) in [4.78, 5) is 1.37. The van der Waals surface area contributed by atoms with Crippen molar-refractivity contribution in [3.05, 3.63) is 29.0 Å². The van der Waals surface area contributed by atoms with E-state index in [1.807, 2.05) is 27.8 Å². The van der Waals surface area contributed by atoms with Crippen LogP contribution in [0.3, 0.4) is 0 Å². The normalized spacial score (nSPS) is 12.9. The van der Waals surface area contributed by atoms with Gasteiger partial charge in [-0.25, -0.2) is 8.42 Å². The largest absolute Gasteiger partial charge is 0.315 e. The Hall–Kier alpha value is -0.690. The van der Waals surface area contributed by atoms with Crippen LogP contribution < -0.4 is 5.32 Å². The molecule has 0 aromatic carbocycles. The minimum absolute atomic E-state index is 0.309. The second-order valence-corrected chi connectivity index (χ2v) is 8.13. The van der Waals surface area contributed by atoms with E-state index < -0.39 is 15.6 Å². The van der Waals surface area contributed by atoms with E-state index in [9.17, 15) is 8.42 Å². The first-order valence-electron chi connectivity index (χ1n) is 6.09. The van der Waals surface area contributed by atoms with Crippen LogP contribution in [0, 0.1) is 0 Å². The molecule has 0 amide bonds. The zero-order valence-electron chi connectivity index (χ0n) is 11.9. The third-order valence-corrected chi connectivity index (χ3v) is 5.81. The molecule has 1 rings (SSSR count). The summed E-state index contributed by atoms with van der Waals surface area (Å²) >= 11 is 1.45. The summed E-state index contributed by atoms with van der Waals surface area (Å²) in [7, 11) is -1.63. The molecule has 1 heterocycles. The minimum Gasteiger partial charge on any atom is -0.315 e. The molecule has 19 heavy (non-hydrogen) atoms. The van der Waals surface area contributed by atoms with Crippen LogP contribution in [0.4, 0.5) is 0 Å². The predicted octanol–water partition coefficient (Wildman–Crippen LogP) is 2.44. The molecule has 0 aliphatic heterocycles. The summed E-state index contributed by atoms with van der Waals surface area (Å²) in [5.41, 5.74) is -0.474. The molecular weight excluding hydrogens is 280 g/mol. The van der Waals surface area contributed by atoms with Gasteiger partial charge in [0.15, 0.2) is 0 Å². The van der Waals surface area contributed by atoms with Gasteiger partial charge >= 0.3 is 0 Å². The maximum atomic E-state index is 12.7. The Bertz CT molecular complexity index is 527. The second-order valence-electron chi connectivity index (χ2n) is 5.27. The Morgan fingerprint density at radius 2 is 2.11 bits per heavy atom. The van der Waals surface area contributed by atoms with Crippen LogP contribution >= 0.6 is 11.3 Å². The van der Waals surface area contributed by atoms with E-state index in [-0.39, 0.29) is 0 Å². The van der Waals surface area contributed by atoms with Crippen molar-refractivity contribution in [1.29, 1.82) is 0 Å². The Morgan fingerprint density at radius 1 is 1.47 bits per heavy atom. The minimum atomic E-state index is -3.47. The van der Waals surface area contributed by atoms with Gasteiger partial charge in [-0.2, -0.15) is 4.31 Å². The Morgan fingerprint density at radius 3 is 2.58 bits per heavy atom. The fourth-order valence-corrected chi connectivity index (χ4v) is 4.77. The summed E-state index contributed by atoms with van der Waals surface area (Å²) in [6.45, 7) is 10.3. The molecule has 1 N–H and O–H groups in total. The van der Waals surface area contributed by atoms with Crippen LogP contribution in [-0.2, 0) is 16.6 Å². The fraction of sp³-hybridized carbons (Fsp3) is 0.538. The summed E-state index contributed by atoms with van der Waals surface area (Å²) in [6.07, 6.45) is 1.61. The highest BCUT2D eigenvalue weighted by Crippen LogP contribution is 2.27. The molecule has 1 aromatic heterocycles. The highest BCUT2D eigenvalue weighted by molar-refractivity contribution is 7.89. The van der Waals surface area contributed by atoms with Crippen LogP contribution in [0.15, 0.2) is 29.0 Å². The number of rotatable bonds is 6. The molecule has 108 valence electrons. The molecule has 0 saturated carbocycles. The number of sulfonamides is 1. The lowest BCUT2D eigenvalue weighted by Crippen LogP contribution is -2.45. The van der Waals surface area contributed by atoms with E-state index in [0.717, 1.165) is 4.88 Å². The van der Waals surface area contributed by atoms with E-state index >= 15 is 0 Å². The Balaban J connectivity index is 3.15. The molecule has 0 spiro atoms. The molecule has 0 atom stereocenters. The lowest BCUT2D eigenvalue weighted by Gasteiger charge is -2.33. The average Bonchev–Trinajstić information content (AvgIpc) is 2.74. The van der Waals surface area contributed by atoms with Crippen LogP contribution in [0.25, 0.3) is 0 Å². The van der Waals surface area contributed by atoms with Crippen molar-refractivity contribution in [1.82, 2.24) is 9.62 Å². The molecule has 0 radical (unpaired) electrons. The molecule has 0 unspecified atom stereocenters. The zero-order chi connectivity index (χ0) is 14.7. The first kappa shape index (κ1) is 16.4. The zero-order valence-corrected chi connectivity index (χ0v) is 13.6. The average molecular weight is 302 g/mol. The van der Waals surface area contributed by atoms with Gasteiger partial charge in [-0.1, -0.05) is 6.08 Å². The van der Waals surface area contributed by atoms with E-state index in [1.165, 1.54) is 15.6 Å². The van der Waals surface area contributed by atoms with Crippen molar-refractivity contribution in [2.75, 3.05) is 13.6 Å². The Kier molecular flexibility index (Phi) is 5.32. The number of nitrogens with zero attached hydrogens (tertiary/aromatic N) is 1. The lowest BCUT2D eigenvalue weighted by molar-refractivity contribution is 0.270. The quantitative estimate of drug-likeness (QED) is 0.821. The SMILES string of the molecule is C=CCN(C(C)(C)C)S(=O)(=O)c1csc(CNC)c1. The fourth-order valence-electron chi connectivity index (χ4n) is 1.74. The monoisotopic (exact) mass is 302 g/mol. The van der Waals surface area contributed by atoms with Crippen LogP contribution in [0.1, 0.15) is 25.6 Å². The molecule has 0 aliphatic rings. The first-order valence-corrected chi connectivity index (χ1v) is 8.41. The van der Waals surface area contributed by atoms with Crippen molar-refractivity contribution in [2.45, 2.75) is 37.8 Å². The topological polar surface area (TPSA) is 49.4 Å². The van der Waals surface area contributed by atoms with Gasteiger partial charge in [0.2, 0.25) is 10.0 Å². The highest BCUT2D eigenvalue weighted by Gasteiger charge is 2.33.